The molecule has 1 nitrogen and oxygen atoms in total. The van der Waals surface area contributed by atoms with Gasteiger partial charge in [0.15, 0.2) is 0 Å². The van der Waals surface area contributed by atoms with Crippen LogP contribution in [0.3, 0.4) is 0 Å². The second kappa shape index (κ2) is 7.22. The Hall–Kier alpha value is -1.44. The lowest BCUT2D eigenvalue weighted by Gasteiger charge is -2.16. The zero-order valence-corrected chi connectivity index (χ0v) is 7.70. The van der Waals surface area contributed by atoms with Crippen LogP contribution in [-0.4, -0.2) is 12.2 Å². The summed E-state index contributed by atoms with van der Waals surface area (Å²) in [7, 11) is 0. The Bertz CT molecular complexity index is 213. The van der Waals surface area contributed by atoms with Crippen molar-refractivity contribution in [3.63, 3.8) is 0 Å². The molecule has 0 bridgehead atoms. The van der Waals surface area contributed by atoms with Crippen molar-refractivity contribution in [2.24, 2.45) is 0 Å². The molecular weight excluding hydrogens is 160 g/mol. The average Bonchev–Trinajstić information content (AvgIpc) is 2.16. The van der Waals surface area contributed by atoms with Crippen molar-refractivity contribution in [1.82, 2.24) is 0 Å². The Morgan fingerprint density at radius 2 is 1.46 bits per heavy atom. The molecule has 0 aliphatic heterocycles. The van der Waals surface area contributed by atoms with Gasteiger partial charge in [0.05, 0.1) is 12.2 Å². The van der Waals surface area contributed by atoms with Crippen molar-refractivity contribution in [3.05, 3.63) is 25.3 Å². The Labute approximate surface area is 80.5 Å². The van der Waals surface area contributed by atoms with E-state index in [2.05, 4.69) is 25.0 Å². The number of hydrogen-bond acceptors (Lipinski definition) is 1. The van der Waals surface area contributed by atoms with Crippen molar-refractivity contribution in [1.29, 1.82) is 0 Å². The first kappa shape index (κ1) is 11.6. The van der Waals surface area contributed by atoms with Crippen LogP contribution >= 0.6 is 0 Å². The number of terminal acetylenes is 2. The molecule has 0 aliphatic carbocycles. The predicted molar refractivity (Wildman–Crippen MR) is 56.0 cm³/mol. The van der Waals surface area contributed by atoms with E-state index < -0.39 is 0 Å². The summed E-state index contributed by atoms with van der Waals surface area (Å²) >= 11 is 0. The second-order valence-electron chi connectivity index (χ2n) is 2.50. The monoisotopic (exact) mass is 174 g/mol. The number of rotatable bonds is 6. The van der Waals surface area contributed by atoms with Gasteiger partial charge < -0.3 is 4.74 Å². The van der Waals surface area contributed by atoms with Crippen molar-refractivity contribution >= 4 is 0 Å². The zero-order valence-electron chi connectivity index (χ0n) is 7.70. The van der Waals surface area contributed by atoms with Gasteiger partial charge in [0.1, 0.15) is 0 Å². The standard InChI is InChI=1S/C12H14O/c1-5-9-11(7-3)13-12(8-4)10-6-2/h1-2,7-8,11-12H,3-4,9-10H2. The van der Waals surface area contributed by atoms with Gasteiger partial charge in [-0.15, -0.1) is 37.8 Å². The molecule has 2 unspecified atom stereocenters. The highest BCUT2D eigenvalue weighted by Crippen LogP contribution is 2.07. The minimum Gasteiger partial charge on any atom is -0.365 e. The summed E-state index contributed by atoms with van der Waals surface area (Å²) < 4.78 is 5.51. The fraction of sp³-hybridized carbons (Fsp3) is 0.333. The third-order valence-corrected chi connectivity index (χ3v) is 1.51. The molecule has 0 aromatic heterocycles. The first-order valence-corrected chi connectivity index (χ1v) is 4.06. The molecule has 0 spiro atoms. The van der Waals surface area contributed by atoms with Gasteiger partial charge in [0.25, 0.3) is 0 Å². The maximum atomic E-state index is 5.51. The van der Waals surface area contributed by atoms with Gasteiger partial charge in [-0.25, -0.2) is 0 Å². The molecule has 0 rings (SSSR count). The normalized spacial score (nSPS) is 13.4. The molecule has 0 radical (unpaired) electrons. The summed E-state index contributed by atoms with van der Waals surface area (Å²) in [5.74, 6) is 5.02. The third kappa shape index (κ3) is 4.90. The van der Waals surface area contributed by atoms with Crippen LogP contribution in [-0.2, 0) is 4.74 Å². The van der Waals surface area contributed by atoms with E-state index in [1.165, 1.54) is 0 Å². The largest absolute Gasteiger partial charge is 0.365 e. The Morgan fingerprint density at radius 3 is 1.69 bits per heavy atom. The zero-order chi connectivity index (χ0) is 10.1. The predicted octanol–water partition coefficient (Wildman–Crippen LogP) is 2.16. The van der Waals surface area contributed by atoms with Crippen LogP contribution in [0, 0.1) is 24.7 Å². The van der Waals surface area contributed by atoms with Crippen molar-refractivity contribution in [3.8, 4) is 24.7 Å². The van der Waals surface area contributed by atoms with E-state index in [4.69, 9.17) is 17.6 Å². The molecule has 0 aromatic rings. The van der Waals surface area contributed by atoms with Crippen molar-refractivity contribution in [2.45, 2.75) is 25.0 Å². The molecule has 0 aliphatic rings. The summed E-state index contributed by atoms with van der Waals surface area (Å²) in [5, 5.41) is 0. The summed E-state index contributed by atoms with van der Waals surface area (Å²) in [6, 6.07) is 0. The fourth-order valence-corrected chi connectivity index (χ4v) is 0.831. The van der Waals surface area contributed by atoms with Crippen LogP contribution in [0.1, 0.15) is 12.8 Å². The van der Waals surface area contributed by atoms with E-state index in [-0.39, 0.29) is 12.2 Å². The molecule has 1 heteroatoms. The first-order valence-electron chi connectivity index (χ1n) is 4.06. The topological polar surface area (TPSA) is 9.23 Å². The molecule has 0 heterocycles. The average molecular weight is 174 g/mol. The van der Waals surface area contributed by atoms with Gasteiger partial charge >= 0.3 is 0 Å². The molecule has 0 N–H and O–H groups in total. The van der Waals surface area contributed by atoms with Crippen LogP contribution < -0.4 is 0 Å². The van der Waals surface area contributed by atoms with E-state index in [1.54, 1.807) is 12.2 Å². The van der Waals surface area contributed by atoms with Crippen LogP contribution in [0.15, 0.2) is 25.3 Å². The van der Waals surface area contributed by atoms with Gasteiger partial charge in [-0.1, -0.05) is 12.2 Å². The second-order valence-corrected chi connectivity index (χ2v) is 2.50. The minimum absolute atomic E-state index is 0.138. The van der Waals surface area contributed by atoms with Gasteiger partial charge in [0.2, 0.25) is 0 Å². The molecule has 0 aromatic carbocycles. The molecular formula is C12H14O. The minimum atomic E-state index is -0.138. The Kier molecular flexibility index (Phi) is 6.42. The van der Waals surface area contributed by atoms with Crippen LogP contribution in [0.4, 0.5) is 0 Å². The molecule has 68 valence electrons. The fourth-order valence-electron chi connectivity index (χ4n) is 0.831. The number of ether oxygens (including phenoxy) is 1. The molecule has 2 atom stereocenters. The molecule has 0 amide bonds. The lowest BCUT2D eigenvalue weighted by Crippen LogP contribution is -2.17. The van der Waals surface area contributed by atoms with Gasteiger partial charge in [-0.3, -0.25) is 0 Å². The van der Waals surface area contributed by atoms with Crippen LogP contribution in [0.2, 0.25) is 0 Å². The van der Waals surface area contributed by atoms with E-state index >= 15 is 0 Å². The highest BCUT2D eigenvalue weighted by molar-refractivity contribution is 4.98. The number of hydrogen-bond donors (Lipinski definition) is 0. The molecule has 13 heavy (non-hydrogen) atoms. The summed E-state index contributed by atoms with van der Waals surface area (Å²) in [4.78, 5) is 0. The van der Waals surface area contributed by atoms with Gasteiger partial charge in [0, 0.05) is 12.8 Å². The van der Waals surface area contributed by atoms with Crippen molar-refractivity contribution < 1.29 is 4.74 Å². The van der Waals surface area contributed by atoms with Crippen LogP contribution in [0.25, 0.3) is 0 Å². The lowest BCUT2D eigenvalue weighted by molar-refractivity contribution is 0.0478. The summed E-state index contributed by atoms with van der Waals surface area (Å²) in [6.07, 6.45) is 14.4. The molecule has 0 saturated heterocycles. The third-order valence-electron chi connectivity index (χ3n) is 1.51. The quantitative estimate of drug-likeness (QED) is 0.443. The van der Waals surface area contributed by atoms with Crippen LogP contribution in [0.5, 0.6) is 0 Å². The van der Waals surface area contributed by atoms with E-state index in [0.29, 0.717) is 12.8 Å². The Balaban J connectivity index is 4.05. The SMILES string of the molecule is C#CCC(C=C)OC(C=C)CC#C. The van der Waals surface area contributed by atoms with Gasteiger partial charge in [-0.2, -0.15) is 0 Å². The molecule has 0 saturated carbocycles. The Morgan fingerprint density at radius 1 is 1.08 bits per heavy atom. The van der Waals surface area contributed by atoms with E-state index in [1.807, 2.05) is 0 Å². The van der Waals surface area contributed by atoms with Gasteiger partial charge in [-0.05, 0) is 0 Å². The first-order chi connectivity index (χ1) is 6.28. The smallest absolute Gasteiger partial charge is 0.0870 e. The van der Waals surface area contributed by atoms with Crippen molar-refractivity contribution in [2.75, 3.05) is 0 Å². The highest BCUT2D eigenvalue weighted by Gasteiger charge is 2.08. The maximum absolute atomic E-state index is 5.51. The summed E-state index contributed by atoms with van der Waals surface area (Å²) in [5.41, 5.74) is 0. The lowest BCUT2D eigenvalue weighted by atomic mass is 10.2. The maximum Gasteiger partial charge on any atom is 0.0870 e. The van der Waals surface area contributed by atoms with E-state index in [0.717, 1.165) is 0 Å². The highest BCUT2D eigenvalue weighted by atomic mass is 16.5. The van der Waals surface area contributed by atoms with E-state index in [9.17, 15) is 0 Å². The summed E-state index contributed by atoms with van der Waals surface area (Å²) in [6.45, 7) is 7.24. The molecule has 0 fully saturated rings.